The fourth-order valence-corrected chi connectivity index (χ4v) is 6.88. The summed E-state index contributed by atoms with van der Waals surface area (Å²) < 4.78 is 110. The molecule has 1 atom stereocenters. The van der Waals surface area contributed by atoms with Crippen LogP contribution in [0.2, 0.25) is 0 Å². The predicted octanol–water partition coefficient (Wildman–Crippen LogP) is 6.46. The Bertz CT molecular complexity index is 2020. The van der Waals surface area contributed by atoms with Gasteiger partial charge >= 0.3 is 0 Å². The second kappa shape index (κ2) is 9.64. The van der Waals surface area contributed by atoms with E-state index in [0.717, 1.165) is 6.26 Å². The van der Waals surface area contributed by atoms with Gasteiger partial charge in [-0.1, -0.05) is 35.5 Å². The minimum Gasteiger partial charge on any atom is -0.351 e. The molecule has 41 heavy (non-hydrogen) atoms. The molecule has 1 saturated carbocycles. The topological polar surface area (TPSA) is 93.5 Å². The summed E-state index contributed by atoms with van der Waals surface area (Å²) in [6.07, 6.45) is 0.407. The molecule has 1 aliphatic carbocycles. The highest BCUT2D eigenvalue weighted by Crippen LogP contribution is 2.48. The number of rotatable bonds is 5. The summed E-state index contributed by atoms with van der Waals surface area (Å²) >= 11 is 0. The van der Waals surface area contributed by atoms with Crippen LogP contribution in [0.15, 0.2) is 47.4 Å². The molecule has 12 heteroatoms. The highest BCUT2D eigenvalue weighted by Gasteiger charge is 2.40. The molecule has 214 valence electrons. The Hall–Kier alpha value is -3.80. The number of sulfone groups is 1. The molecule has 0 aliphatic heterocycles. The third-order valence-corrected chi connectivity index (χ3v) is 9.02. The lowest BCUT2D eigenvalue weighted by atomic mass is 9.73. The summed E-state index contributed by atoms with van der Waals surface area (Å²) in [5, 5.41) is 7.66. The Labute approximate surface area is 237 Å². The fourth-order valence-electron chi connectivity index (χ4n) is 5.99. The second-order valence-electron chi connectivity index (χ2n) is 10.6. The maximum atomic E-state index is 15.2. The van der Waals surface area contributed by atoms with E-state index in [-0.39, 0.29) is 70.7 Å². The zero-order valence-electron chi connectivity index (χ0n) is 25.1. The maximum absolute atomic E-state index is 15.2. The number of alkyl halides is 2. The lowest BCUT2D eigenvalue weighted by Crippen LogP contribution is -2.29. The minimum absolute atomic E-state index is 0.00528. The number of nitrogens with one attached hydrogen (secondary N) is 1. The molecular weight excluding hydrogens is 558 g/mol. The molecule has 0 radical (unpaired) electrons. The van der Waals surface area contributed by atoms with Crippen LogP contribution < -0.4 is 0 Å². The van der Waals surface area contributed by atoms with E-state index in [1.54, 1.807) is 18.2 Å². The average Bonchev–Trinajstić information content (AvgIpc) is 3.52. The molecule has 7 nitrogen and oxygen atoms in total. The van der Waals surface area contributed by atoms with E-state index in [2.05, 4.69) is 15.3 Å². The number of aromatic amines is 1. The van der Waals surface area contributed by atoms with Gasteiger partial charge in [0.25, 0.3) is 0 Å². The molecule has 3 heterocycles. The van der Waals surface area contributed by atoms with Crippen LogP contribution >= 0.6 is 0 Å². The first-order valence-corrected chi connectivity index (χ1v) is 14.8. The lowest BCUT2D eigenvalue weighted by molar-refractivity contribution is -0.0474. The molecule has 1 aliphatic rings. The van der Waals surface area contributed by atoms with Crippen LogP contribution in [0.5, 0.6) is 0 Å². The summed E-state index contributed by atoms with van der Waals surface area (Å²) in [7, 11) is -2.59. The third kappa shape index (κ3) is 4.67. The number of benzene rings is 2. The Morgan fingerprint density at radius 3 is 2.51 bits per heavy atom. The van der Waals surface area contributed by atoms with E-state index in [4.69, 9.17) is 9.10 Å². The first kappa shape index (κ1) is 23.9. The van der Waals surface area contributed by atoms with E-state index < -0.39 is 50.6 Å². The van der Waals surface area contributed by atoms with Gasteiger partial charge in [-0.2, -0.15) is 0 Å². The first-order valence-electron chi connectivity index (χ1n) is 14.4. The predicted molar refractivity (Wildman–Crippen MR) is 147 cm³/mol. The van der Waals surface area contributed by atoms with Gasteiger partial charge in [0.15, 0.2) is 21.5 Å². The fraction of sp³-hybridized carbons (Fsp3) is 0.345. The van der Waals surface area contributed by atoms with Crippen LogP contribution in [0.1, 0.15) is 52.7 Å². The molecule has 1 N–H and O–H groups in total. The molecule has 0 bridgehead atoms. The third-order valence-electron chi connectivity index (χ3n) is 7.90. The van der Waals surface area contributed by atoms with Gasteiger partial charge in [-0.25, -0.2) is 35.6 Å². The van der Waals surface area contributed by atoms with Crippen molar-refractivity contribution in [1.82, 2.24) is 25.0 Å². The molecular formula is C29H27F4N5O2S. The number of hydrogen-bond acceptors (Lipinski definition) is 5. The van der Waals surface area contributed by atoms with Crippen LogP contribution in [-0.4, -0.2) is 45.6 Å². The number of halogens is 4. The lowest BCUT2D eigenvalue weighted by Gasteiger charge is -2.34. The number of aryl methyl sites for hydroxylation is 2. The summed E-state index contributed by atoms with van der Waals surface area (Å²) in [5.74, 6) is -6.56. The molecule has 0 saturated heterocycles. The number of aromatic nitrogens is 5. The minimum atomic E-state index is -4.08. The van der Waals surface area contributed by atoms with Crippen molar-refractivity contribution in [2.75, 3.05) is 6.26 Å². The van der Waals surface area contributed by atoms with E-state index in [1.807, 2.05) is 12.1 Å². The van der Waals surface area contributed by atoms with Gasteiger partial charge < -0.3 is 4.98 Å². The molecule has 6 rings (SSSR count). The van der Waals surface area contributed by atoms with E-state index >= 15 is 4.39 Å². The van der Waals surface area contributed by atoms with Crippen LogP contribution in [-0.2, 0) is 16.9 Å². The van der Waals surface area contributed by atoms with Gasteiger partial charge in [-0.3, -0.25) is 0 Å². The first-order chi connectivity index (χ1) is 20.6. The highest BCUT2D eigenvalue weighted by atomic mass is 32.2. The van der Waals surface area contributed by atoms with Gasteiger partial charge in [0, 0.05) is 47.1 Å². The van der Waals surface area contributed by atoms with Gasteiger partial charge in [-0.05, 0) is 43.3 Å². The summed E-state index contributed by atoms with van der Waals surface area (Å²) in [6, 6.07) is 11.1. The molecule has 0 amide bonds. The zero-order valence-corrected chi connectivity index (χ0v) is 22.9. The van der Waals surface area contributed by atoms with Crippen molar-refractivity contribution in [3.8, 4) is 11.3 Å². The standard InChI is InChI=1S/C29H27F4N5O2S/c1-15-28(38(2)37-36-15)18-13-20-26(23-21(41(3,39)40)14-19(30)24(31)27(23)34-20)35-25(18)22(16-7-5-4-6-8-16)17-9-11-29(32,33)12-10-17/h4-8,13-14,17,22,34H,9-12H2,1-3H3/i1D3. The summed E-state index contributed by atoms with van der Waals surface area (Å²) in [4.78, 5) is 7.15. The molecule has 5 aromatic rings. The van der Waals surface area contributed by atoms with Crippen LogP contribution in [0.3, 0.4) is 0 Å². The number of hydrogen-bond donors (Lipinski definition) is 1. The second-order valence-corrected chi connectivity index (χ2v) is 12.6. The van der Waals surface area contributed by atoms with Gasteiger partial charge in [0.2, 0.25) is 5.92 Å². The Morgan fingerprint density at radius 2 is 1.85 bits per heavy atom. The van der Waals surface area contributed by atoms with Crippen LogP contribution in [0.4, 0.5) is 17.6 Å². The van der Waals surface area contributed by atoms with Crippen LogP contribution in [0.25, 0.3) is 33.2 Å². The monoisotopic (exact) mass is 588 g/mol. The number of fused-ring (bicyclic) bond motifs is 3. The number of nitrogens with zero attached hydrogens (tertiary/aromatic N) is 4. The smallest absolute Gasteiger partial charge is 0.248 e. The molecule has 1 fully saturated rings. The van der Waals surface area contributed by atoms with Gasteiger partial charge in [0.1, 0.15) is 0 Å². The van der Waals surface area contributed by atoms with Crippen molar-refractivity contribution in [3.05, 3.63) is 71.1 Å². The average molecular weight is 589 g/mol. The van der Waals surface area contributed by atoms with Crippen molar-refractivity contribution in [3.63, 3.8) is 0 Å². The molecule has 3 aromatic heterocycles. The van der Waals surface area contributed by atoms with E-state index in [9.17, 15) is 21.6 Å². The summed E-state index contributed by atoms with van der Waals surface area (Å²) in [5.41, 5.74) is 0.610. The van der Waals surface area contributed by atoms with Crippen molar-refractivity contribution >= 4 is 31.8 Å². The van der Waals surface area contributed by atoms with Crippen molar-refractivity contribution < 1.29 is 30.1 Å². The largest absolute Gasteiger partial charge is 0.351 e. The van der Waals surface area contributed by atoms with Crippen molar-refractivity contribution in [2.45, 2.75) is 49.3 Å². The molecule has 2 aromatic carbocycles. The highest BCUT2D eigenvalue weighted by molar-refractivity contribution is 7.91. The molecule has 1 unspecified atom stereocenters. The number of pyridine rings is 1. The van der Waals surface area contributed by atoms with Gasteiger partial charge in [-0.15, -0.1) is 5.10 Å². The maximum Gasteiger partial charge on any atom is 0.248 e. The summed E-state index contributed by atoms with van der Waals surface area (Å²) in [6.45, 7) is -2.70. The van der Waals surface area contributed by atoms with E-state index in [0.29, 0.717) is 11.6 Å². The van der Waals surface area contributed by atoms with Crippen molar-refractivity contribution in [1.29, 1.82) is 0 Å². The van der Waals surface area contributed by atoms with Crippen molar-refractivity contribution in [2.24, 2.45) is 13.0 Å². The van der Waals surface area contributed by atoms with Gasteiger partial charge in [0.05, 0.1) is 38.5 Å². The van der Waals surface area contributed by atoms with Crippen LogP contribution in [0, 0.1) is 24.4 Å². The Morgan fingerprint density at radius 1 is 1.15 bits per heavy atom. The Balaban J connectivity index is 1.75. The SMILES string of the molecule is [2H]C([2H])([2H])c1nnn(C)c1-c1cc2[nH]c3c(F)c(F)cc(S(C)(=O)=O)c3c2nc1C(c1ccccc1)C1CCC(F)(F)CC1. The number of H-pyrrole nitrogens is 1. The normalized spacial score (nSPS) is 18.3. The quantitative estimate of drug-likeness (QED) is 0.188. The Kier molecular flexibility index (Phi) is 5.61. The molecule has 0 spiro atoms. The van der Waals surface area contributed by atoms with E-state index in [1.165, 1.54) is 17.8 Å². The zero-order chi connectivity index (χ0) is 31.8.